The molecule has 20 heavy (non-hydrogen) atoms. The van der Waals surface area contributed by atoms with Crippen LogP contribution in [0.2, 0.25) is 0 Å². The summed E-state index contributed by atoms with van der Waals surface area (Å²) in [5.41, 5.74) is 2.38. The number of thiophene rings is 1. The van der Waals surface area contributed by atoms with Crippen molar-refractivity contribution >= 4 is 34.6 Å². The van der Waals surface area contributed by atoms with Crippen molar-refractivity contribution < 1.29 is 0 Å². The maximum atomic E-state index is 4.98. The minimum atomic E-state index is 1.03. The molecule has 0 atom stereocenters. The molecule has 0 bridgehead atoms. The van der Waals surface area contributed by atoms with Gasteiger partial charge in [-0.3, -0.25) is 0 Å². The molecule has 1 fully saturated rings. The van der Waals surface area contributed by atoms with Gasteiger partial charge < -0.3 is 10.2 Å². The molecule has 5 heteroatoms. The van der Waals surface area contributed by atoms with Gasteiger partial charge in [-0.05, 0) is 12.1 Å². The maximum absolute atomic E-state index is 4.98. The number of rotatable bonds is 0. The molecule has 102 valence electrons. The lowest BCUT2D eigenvalue weighted by atomic mass is 10.2. The molecule has 1 saturated heterocycles. The summed E-state index contributed by atoms with van der Waals surface area (Å²) in [6.45, 7) is 4.13. The van der Waals surface area contributed by atoms with E-state index < -0.39 is 0 Å². The monoisotopic (exact) mass is 301 g/mol. The Kier molecular flexibility index (Phi) is 3.26. The van der Waals surface area contributed by atoms with Crippen LogP contribution >= 0.6 is 23.1 Å². The van der Waals surface area contributed by atoms with Crippen LogP contribution in [0.1, 0.15) is 5.56 Å². The van der Waals surface area contributed by atoms with Crippen molar-refractivity contribution in [2.45, 2.75) is 9.79 Å². The van der Waals surface area contributed by atoms with E-state index >= 15 is 0 Å². The number of benzene rings is 1. The van der Waals surface area contributed by atoms with Crippen molar-refractivity contribution in [3.8, 4) is 0 Å². The van der Waals surface area contributed by atoms with E-state index in [0.29, 0.717) is 0 Å². The summed E-state index contributed by atoms with van der Waals surface area (Å²) in [5, 5.41) is 7.87. The fourth-order valence-corrected chi connectivity index (χ4v) is 4.56. The number of nitrogens with zero attached hydrogens (tertiary/aromatic N) is 2. The zero-order valence-electron chi connectivity index (χ0n) is 11.0. The number of hydrogen-bond acceptors (Lipinski definition) is 5. The SMILES string of the molecule is c1ccc2c(c1)N=C(N1CCNCC1)c1cscc1S2. The number of fused-ring (bicyclic) bond motifs is 2. The Morgan fingerprint density at radius 3 is 2.80 bits per heavy atom. The molecular formula is C15H15N3S2. The Balaban J connectivity index is 1.84. The molecular weight excluding hydrogens is 286 g/mol. The molecule has 0 spiro atoms. The van der Waals surface area contributed by atoms with Gasteiger partial charge in [0.15, 0.2) is 0 Å². The Labute approximate surface area is 126 Å². The van der Waals surface area contributed by atoms with Crippen LogP contribution in [0.15, 0.2) is 49.8 Å². The van der Waals surface area contributed by atoms with Crippen molar-refractivity contribution in [1.29, 1.82) is 0 Å². The molecule has 1 aromatic heterocycles. The van der Waals surface area contributed by atoms with Gasteiger partial charge in [-0.2, -0.15) is 11.3 Å². The first-order chi connectivity index (χ1) is 9.92. The van der Waals surface area contributed by atoms with Gasteiger partial charge in [0.1, 0.15) is 5.84 Å². The highest BCUT2D eigenvalue weighted by Crippen LogP contribution is 2.41. The fraction of sp³-hybridized carbons (Fsp3) is 0.267. The van der Waals surface area contributed by atoms with Crippen LogP contribution in [0.4, 0.5) is 5.69 Å². The largest absolute Gasteiger partial charge is 0.353 e. The molecule has 1 N–H and O–H groups in total. The molecule has 2 aliphatic heterocycles. The third-order valence-electron chi connectivity index (χ3n) is 3.60. The summed E-state index contributed by atoms with van der Waals surface area (Å²) in [5.74, 6) is 1.14. The molecule has 3 heterocycles. The highest BCUT2D eigenvalue weighted by molar-refractivity contribution is 7.99. The van der Waals surface area contributed by atoms with Gasteiger partial charge in [0.25, 0.3) is 0 Å². The van der Waals surface area contributed by atoms with Gasteiger partial charge in [-0.1, -0.05) is 23.9 Å². The molecule has 0 aliphatic carbocycles. The van der Waals surface area contributed by atoms with E-state index in [1.54, 1.807) is 11.3 Å². The van der Waals surface area contributed by atoms with Gasteiger partial charge in [-0.15, -0.1) is 0 Å². The number of para-hydroxylation sites is 1. The van der Waals surface area contributed by atoms with Gasteiger partial charge in [0.2, 0.25) is 0 Å². The molecule has 2 aliphatic rings. The number of piperazine rings is 1. The van der Waals surface area contributed by atoms with Crippen LogP contribution in [-0.4, -0.2) is 36.9 Å². The molecule has 2 aromatic rings. The molecule has 3 nitrogen and oxygen atoms in total. The summed E-state index contributed by atoms with van der Waals surface area (Å²) in [7, 11) is 0. The summed E-state index contributed by atoms with van der Waals surface area (Å²) in [4.78, 5) is 9.96. The minimum Gasteiger partial charge on any atom is -0.353 e. The summed E-state index contributed by atoms with van der Waals surface area (Å²) in [6, 6.07) is 8.42. The fourth-order valence-electron chi connectivity index (χ4n) is 2.57. The van der Waals surface area contributed by atoms with E-state index in [0.717, 1.165) is 37.7 Å². The predicted octanol–water partition coefficient (Wildman–Crippen LogP) is 3.20. The lowest BCUT2D eigenvalue weighted by molar-refractivity contribution is 0.358. The Hall–Kier alpha value is -1.30. The van der Waals surface area contributed by atoms with Crippen LogP contribution in [0.3, 0.4) is 0 Å². The van der Waals surface area contributed by atoms with Crippen molar-refractivity contribution in [3.63, 3.8) is 0 Å². The quantitative estimate of drug-likeness (QED) is 0.810. The standard InChI is InChI=1S/C15H15N3S2/c1-2-4-13-12(3-1)17-15(18-7-5-16-6-8-18)11-9-19-10-14(11)20-13/h1-4,9-10,16H,5-8H2. The van der Waals surface area contributed by atoms with Crippen LogP contribution in [0, 0.1) is 0 Å². The Morgan fingerprint density at radius 1 is 1.05 bits per heavy atom. The lowest BCUT2D eigenvalue weighted by Crippen LogP contribution is -2.46. The normalized spacial score (nSPS) is 18.0. The molecule has 0 amide bonds. The zero-order valence-corrected chi connectivity index (χ0v) is 12.6. The third-order valence-corrected chi connectivity index (χ3v) is 5.61. The Morgan fingerprint density at radius 2 is 1.90 bits per heavy atom. The van der Waals surface area contributed by atoms with Crippen LogP contribution in [0.25, 0.3) is 0 Å². The van der Waals surface area contributed by atoms with Crippen LogP contribution < -0.4 is 5.32 Å². The van der Waals surface area contributed by atoms with Crippen molar-refractivity contribution in [2.75, 3.05) is 26.2 Å². The minimum absolute atomic E-state index is 1.03. The first-order valence-electron chi connectivity index (χ1n) is 6.79. The van der Waals surface area contributed by atoms with Crippen molar-refractivity contribution in [2.24, 2.45) is 4.99 Å². The van der Waals surface area contributed by atoms with Gasteiger partial charge in [0.05, 0.1) is 5.69 Å². The second-order valence-corrected chi connectivity index (χ2v) is 6.72. The van der Waals surface area contributed by atoms with Gasteiger partial charge >= 0.3 is 0 Å². The third kappa shape index (κ3) is 2.16. The summed E-state index contributed by atoms with van der Waals surface area (Å²) >= 11 is 3.59. The molecule has 0 radical (unpaired) electrons. The van der Waals surface area contributed by atoms with Crippen molar-refractivity contribution in [3.05, 3.63) is 40.6 Å². The highest BCUT2D eigenvalue weighted by atomic mass is 32.2. The maximum Gasteiger partial charge on any atom is 0.138 e. The van der Waals surface area contributed by atoms with E-state index in [9.17, 15) is 0 Å². The number of amidine groups is 1. The van der Waals surface area contributed by atoms with Gasteiger partial charge in [0, 0.05) is 52.3 Å². The second-order valence-electron chi connectivity index (χ2n) is 4.89. The number of nitrogens with one attached hydrogen (secondary N) is 1. The zero-order chi connectivity index (χ0) is 13.4. The van der Waals surface area contributed by atoms with E-state index in [1.165, 1.54) is 15.4 Å². The van der Waals surface area contributed by atoms with Crippen LogP contribution in [0.5, 0.6) is 0 Å². The van der Waals surface area contributed by atoms with E-state index in [1.807, 2.05) is 11.8 Å². The topological polar surface area (TPSA) is 27.6 Å². The van der Waals surface area contributed by atoms with E-state index in [4.69, 9.17) is 4.99 Å². The smallest absolute Gasteiger partial charge is 0.138 e. The molecule has 0 saturated carbocycles. The van der Waals surface area contributed by atoms with E-state index in [-0.39, 0.29) is 0 Å². The number of aliphatic imine (C=N–C) groups is 1. The number of hydrogen-bond donors (Lipinski definition) is 1. The second kappa shape index (κ2) is 5.24. The van der Waals surface area contributed by atoms with E-state index in [2.05, 4.69) is 45.2 Å². The summed E-state index contributed by atoms with van der Waals surface area (Å²) in [6.07, 6.45) is 0. The molecule has 4 rings (SSSR count). The average Bonchev–Trinajstić information content (AvgIpc) is 2.89. The first kappa shape index (κ1) is 12.4. The summed E-state index contributed by atoms with van der Waals surface area (Å²) < 4.78 is 0. The first-order valence-corrected chi connectivity index (χ1v) is 8.55. The van der Waals surface area contributed by atoms with Gasteiger partial charge in [-0.25, -0.2) is 4.99 Å². The molecule has 1 aromatic carbocycles. The predicted molar refractivity (Wildman–Crippen MR) is 85.5 cm³/mol. The van der Waals surface area contributed by atoms with Crippen LogP contribution in [-0.2, 0) is 0 Å². The molecule has 0 unspecified atom stereocenters. The highest BCUT2D eigenvalue weighted by Gasteiger charge is 2.23. The average molecular weight is 301 g/mol. The lowest BCUT2D eigenvalue weighted by Gasteiger charge is -2.30. The van der Waals surface area contributed by atoms with Crippen molar-refractivity contribution in [1.82, 2.24) is 10.2 Å². The Bertz CT molecular complexity index is 657.